The van der Waals surface area contributed by atoms with Crippen molar-refractivity contribution in [2.75, 3.05) is 0 Å². The van der Waals surface area contributed by atoms with Gasteiger partial charge in [-0.3, -0.25) is 4.84 Å². The fourth-order valence-electron chi connectivity index (χ4n) is 2.74. The molecule has 1 unspecified atom stereocenters. The van der Waals surface area contributed by atoms with Gasteiger partial charge in [0.1, 0.15) is 11.2 Å². The van der Waals surface area contributed by atoms with Crippen LogP contribution >= 0.6 is 11.6 Å². The Balaban J connectivity index is 2.22. The summed E-state index contributed by atoms with van der Waals surface area (Å²) in [5.41, 5.74) is 1.44. The van der Waals surface area contributed by atoms with Crippen LogP contribution in [0.15, 0.2) is 54.6 Å². The lowest BCUT2D eigenvalue weighted by Gasteiger charge is -2.29. The topological polar surface area (TPSA) is 65.1 Å². The smallest absolute Gasteiger partial charge is 0.442 e. The van der Waals surface area contributed by atoms with E-state index in [-0.39, 0.29) is 0 Å². The second-order valence-electron chi connectivity index (χ2n) is 9.59. The summed E-state index contributed by atoms with van der Waals surface area (Å²) in [7, 11) is 0. The minimum absolute atomic E-state index is 0.619. The van der Waals surface area contributed by atoms with Crippen LogP contribution in [0, 0.1) is 0 Å². The van der Waals surface area contributed by atoms with E-state index in [0.29, 0.717) is 5.02 Å². The van der Waals surface area contributed by atoms with Crippen LogP contribution in [-0.4, -0.2) is 34.6 Å². The largest absolute Gasteiger partial charge is 0.534 e. The zero-order chi connectivity index (χ0) is 24.8. The van der Waals surface area contributed by atoms with Crippen LogP contribution in [0.1, 0.15) is 54.0 Å². The van der Waals surface area contributed by atoms with Crippen molar-refractivity contribution in [1.29, 1.82) is 0 Å². The molecule has 0 aliphatic heterocycles. The molecule has 0 saturated heterocycles. The number of hydrogen-bond acceptors (Lipinski definition) is 5. The molecule has 0 aromatic heterocycles. The lowest BCUT2D eigenvalue weighted by atomic mass is 10.0. The van der Waals surface area contributed by atoms with Crippen LogP contribution in [-0.2, 0) is 14.3 Å². The van der Waals surface area contributed by atoms with Gasteiger partial charge in [-0.05, 0) is 83.4 Å². The van der Waals surface area contributed by atoms with Gasteiger partial charge >= 0.3 is 12.2 Å². The number of benzene rings is 2. The van der Waals surface area contributed by atoms with Crippen molar-refractivity contribution in [3.63, 3.8) is 0 Å². The molecule has 178 valence electrons. The highest BCUT2D eigenvalue weighted by molar-refractivity contribution is 6.30. The van der Waals surface area contributed by atoms with E-state index in [2.05, 4.69) is 0 Å². The van der Waals surface area contributed by atoms with E-state index in [0.717, 1.165) is 21.8 Å². The van der Waals surface area contributed by atoms with Gasteiger partial charge in [0.15, 0.2) is 0 Å². The van der Waals surface area contributed by atoms with Crippen molar-refractivity contribution in [1.82, 2.24) is 5.06 Å². The van der Waals surface area contributed by atoms with Gasteiger partial charge in [0.25, 0.3) is 0 Å². The Kier molecular flexibility index (Phi) is 8.56. The first-order valence-electron chi connectivity index (χ1n) is 10.7. The third-order valence-corrected chi connectivity index (χ3v) is 4.39. The second kappa shape index (κ2) is 10.8. The van der Waals surface area contributed by atoms with E-state index >= 15 is 0 Å². The normalized spacial score (nSPS) is 12.8. The highest BCUT2D eigenvalue weighted by Gasteiger charge is 2.30. The Bertz CT molecular complexity index is 987. The molecule has 0 N–H and O–H groups in total. The lowest BCUT2D eigenvalue weighted by Crippen LogP contribution is -2.43. The van der Waals surface area contributed by atoms with Gasteiger partial charge in [-0.1, -0.05) is 54.1 Å². The summed E-state index contributed by atoms with van der Waals surface area (Å²) in [6.07, 6.45) is 1.81. The molecule has 2 aromatic rings. The molecule has 0 aliphatic carbocycles. The van der Waals surface area contributed by atoms with Crippen LogP contribution in [0.25, 0.3) is 17.2 Å². The molecule has 7 heteroatoms. The Hall–Kier alpha value is -2.99. The van der Waals surface area contributed by atoms with Crippen LogP contribution in [0.5, 0.6) is 0 Å². The molecule has 1 amide bonds. The van der Waals surface area contributed by atoms with E-state index in [1.54, 1.807) is 54.5 Å². The third kappa shape index (κ3) is 9.18. The van der Waals surface area contributed by atoms with Crippen molar-refractivity contribution in [3.05, 3.63) is 65.2 Å². The van der Waals surface area contributed by atoms with Crippen molar-refractivity contribution < 1.29 is 23.9 Å². The maximum Gasteiger partial charge on any atom is 0.534 e. The van der Waals surface area contributed by atoms with Crippen molar-refractivity contribution >= 4 is 29.9 Å². The molecule has 2 rings (SSSR count). The number of rotatable bonds is 4. The van der Waals surface area contributed by atoms with Gasteiger partial charge in [0.05, 0.1) is 6.04 Å². The minimum Gasteiger partial charge on any atom is -0.442 e. The van der Waals surface area contributed by atoms with Crippen LogP contribution in [0.4, 0.5) is 9.59 Å². The molecule has 2 aromatic carbocycles. The molecule has 0 saturated carbocycles. The molecular formula is C26H32ClNO5. The first kappa shape index (κ1) is 26.3. The molecule has 0 radical (unpaired) electrons. The van der Waals surface area contributed by atoms with Gasteiger partial charge in [0, 0.05) is 5.02 Å². The standard InChI is InChI=1S/C26H32ClNO5/c1-18(28(23(29)31-25(2,3)4)33-24(30)32-26(5,6)7)11-12-19-9-8-10-21(17-19)20-13-15-22(27)16-14-20/h8-18H,1-7H3/b12-11+. The van der Waals surface area contributed by atoms with E-state index in [1.807, 2.05) is 54.6 Å². The van der Waals surface area contributed by atoms with E-state index in [4.69, 9.17) is 25.9 Å². The monoisotopic (exact) mass is 473 g/mol. The predicted octanol–water partition coefficient (Wildman–Crippen LogP) is 7.51. The molecule has 0 heterocycles. The molecule has 0 spiro atoms. The predicted molar refractivity (Wildman–Crippen MR) is 131 cm³/mol. The number of hydrogen-bond donors (Lipinski definition) is 0. The Morgan fingerprint density at radius 1 is 0.909 bits per heavy atom. The quantitative estimate of drug-likeness (QED) is 0.339. The molecule has 0 fully saturated rings. The van der Waals surface area contributed by atoms with Gasteiger partial charge in [0.2, 0.25) is 0 Å². The first-order valence-corrected chi connectivity index (χ1v) is 11.1. The highest BCUT2D eigenvalue weighted by atomic mass is 35.5. The number of nitrogens with zero attached hydrogens (tertiary/aromatic N) is 1. The minimum atomic E-state index is -0.988. The van der Waals surface area contributed by atoms with Crippen molar-refractivity contribution in [3.8, 4) is 11.1 Å². The molecule has 0 bridgehead atoms. The summed E-state index contributed by atoms with van der Waals surface area (Å²) >= 11 is 5.98. The molecule has 33 heavy (non-hydrogen) atoms. The average Bonchev–Trinajstić information content (AvgIpc) is 2.68. The number of halogens is 1. The van der Waals surface area contributed by atoms with E-state index in [9.17, 15) is 9.59 Å². The molecule has 6 nitrogen and oxygen atoms in total. The summed E-state index contributed by atoms with van der Waals surface area (Å²) in [4.78, 5) is 30.1. The number of carbonyl (C=O) groups excluding carboxylic acids is 2. The summed E-state index contributed by atoms with van der Waals surface area (Å²) in [5.74, 6) is 0. The van der Waals surface area contributed by atoms with Gasteiger partial charge in [-0.25, -0.2) is 9.59 Å². The number of carbonyl (C=O) groups is 2. The van der Waals surface area contributed by atoms with Crippen LogP contribution < -0.4 is 0 Å². The number of ether oxygens (including phenoxy) is 2. The van der Waals surface area contributed by atoms with E-state index < -0.39 is 29.5 Å². The summed E-state index contributed by atoms with van der Waals surface area (Å²) in [5, 5.41) is 1.55. The van der Waals surface area contributed by atoms with Crippen LogP contribution in [0.2, 0.25) is 5.02 Å². The van der Waals surface area contributed by atoms with Gasteiger partial charge in [-0.15, -0.1) is 5.06 Å². The Morgan fingerprint density at radius 3 is 2.09 bits per heavy atom. The number of amides is 1. The Morgan fingerprint density at radius 2 is 1.52 bits per heavy atom. The zero-order valence-electron chi connectivity index (χ0n) is 20.2. The SMILES string of the molecule is CC(/C=C/c1cccc(-c2ccc(Cl)cc2)c1)N(OC(=O)OC(C)(C)C)C(=O)OC(C)(C)C. The first-order chi connectivity index (χ1) is 15.2. The maximum atomic E-state index is 12.7. The summed E-state index contributed by atoms with van der Waals surface area (Å²) < 4.78 is 10.6. The molecule has 0 aliphatic rings. The molecule has 1 atom stereocenters. The maximum absolute atomic E-state index is 12.7. The fourth-order valence-corrected chi connectivity index (χ4v) is 2.86. The second-order valence-corrected chi connectivity index (χ2v) is 10.0. The van der Waals surface area contributed by atoms with Crippen molar-refractivity contribution in [2.24, 2.45) is 0 Å². The summed E-state index contributed by atoms with van der Waals surface area (Å²) in [6.45, 7) is 12.1. The molecular weight excluding hydrogens is 442 g/mol. The van der Waals surface area contributed by atoms with Crippen LogP contribution in [0.3, 0.4) is 0 Å². The van der Waals surface area contributed by atoms with Gasteiger partial charge < -0.3 is 9.47 Å². The third-order valence-electron chi connectivity index (χ3n) is 4.14. The summed E-state index contributed by atoms with van der Waals surface area (Å²) in [6, 6.07) is 14.9. The number of hydroxylamine groups is 2. The van der Waals surface area contributed by atoms with E-state index in [1.165, 1.54) is 0 Å². The average molecular weight is 474 g/mol. The highest BCUT2D eigenvalue weighted by Crippen LogP contribution is 2.23. The zero-order valence-corrected chi connectivity index (χ0v) is 21.0. The lowest BCUT2D eigenvalue weighted by molar-refractivity contribution is -0.145. The Labute approximate surface area is 201 Å². The van der Waals surface area contributed by atoms with Crippen molar-refractivity contribution in [2.45, 2.75) is 65.7 Å². The van der Waals surface area contributed by atoms with Gasteiger partial charge in [-0.2, -0.15) is 0 Å². The fraction of sp³-hybridized carbons (Fsp3) is 0.385.